The molecular weight excluding hydrogens is 400 g/mol. The van der Waals surface area contributed by atoms with Crippen molar-refractivity contribution >= 4 is 50.8 Å². The fourth-order valence-corrected chi connectivity index (χ4v) is 4.66. The minimum Gasteiger partial charge on any atom is -0.383 e. The molecule has 0 fully saturated rings. The van der Waals surface area contributed by atoms with Crippen LogP contribution in [-0.4, -0.2) is 29.9 Å². The van der Waals surface area contributed by atoms with E-state index in [0.29, 0.717) is 19.6 Å². The minimum atomic E-state index is -0.0792. The van der Waals surface area contributed by atoms with Crippen LogP contribution in [0.1, 0.15) is 12.8 Å². The summed E-state index contributed by atoms with van der Waals surface area (Å²) in [5.74, 6) is 0.795. The molecule has 2 aromatic carbocycles. The average Bonchev–Trinajstić information content (AvgIpc) is 3.02. The van der Waals surface area contributed by atoms with Crippen molar-refractivity contribution in [1.29, 1.82) is 0 Å². The normalized spacial score (nSPS) is 12.0. The number of thioether (sulfide) groups is 1. The minimum absolute atomic E-state index is 0.0792. The number of para-hydroxylation sites is 1. The molecule has 142 valence electrons. The zero-order valence-corrected chi connectivity index (χ0v) is 17.4. The molecule has 0 radical (unpaired) electrons. The maximum absolute atomic E-state index is 12.3. The maximum Gasteiger partial charge on any atom is 0.248 e. The first-order valence-electron chi connectivity index (χ1n) is 8.70. The molecule has 0 spiro atoms. The summed E-state index contributed by atoms with van der Waals surface area (Å²) >= 11 is 9.16. The number of hydrogen-bond donors (Lipinski definition) is 0. The highest BCUT2D eigenvalue weighted by Crippen LogP contribution is 2.21. The van der Waals surface area contributed by atoms with Crippen molar-refractivity contribution in [1.82, 2.24) is 4.57 Å². The van der Waals surface area contributed by atoms with E-state index in [-0.39, 0.29) is 5.91 Å². The Morgan fingerprint density at radius 1 is 1.22 bits per heavy atom. The Labute approximate surface area is 171 Å². The van der Waals surface area contributed by atoms with Crippen LogP contribution in [0.15, 0.2) is 58.4 Å². The van der Waals surface area contributed by atoms with Crippen molar-refractivity contribution in [3.63, 3.8) is 0 Å². The van der Waals surface area contributed by atoms with Crippen LogP contribution < -0.4 is 4.80 Å². The molecule has 3 rings (SSSR count). The summed E-state index contributed by atoms with van der Waals surface area (Å²) in [5.41, 5.74) is 1.09. The number of carbonyl (C=O) groups excluding carboxylic acids is 1. The molecule has 0 atom stereocenters. The number of rotatable bonds is 8. The lowest BCUT2D eigenvalue weighted by Gasteiger charge is -2.04. The average molecular weight is 421 g/mol. The third kappa shape index (κ3) is 5.69. The van der Waals surface area contributed by atoms with Gasteiger partial charge in [0, 0.05) is 30.0 Å². The SMILES string of the molecule is COCCn1c(=NC(=O)CCCSc2ccc(Cl)cc2)sc2ccccc21. The highest BCUT2D eigenvalue weighted by atomic mass is 35.5. The molecule has 1 amide bonds. The molecule has 0 bridgehead atoms. The molecule has 27 heavy (non-hydrogen) atoms. The molecular formula is C20H21ClN2O2S2. The molecule has 0 saturated carbocycles. The van der Waals surface area contributed by atoms with E-state index in [0.717, 1.165) is 37.1 Å². The Hall–Kier alpha value is -1.60. The van der Waals surface area contributed by atoms with E-state index >= 15 is 0 Å². The van der Waals surface area contributed by atoms with Crippen molar-refractivity contribution < 1.29 is 9.53 Å². The largest absolute Gasteiger partial charge is 0.383 e. The van der Waals surface area contributed by atoms with Gasteiger partial charge >= 0.3 is 0 Å². The highest BCUT2D eigenvalue weighted by molar-refractivity contribution is 7.99. The second kappa shape index (κ2) is 10.1. The summed E-state index contributed by atoms with van der Waals surface area (Å²) in [7, 11) is 1.68. The topological polar surface area (TPSA) is 43.6 Å². The van der Waals surface area contributed by atoms with E-state index < -0.39 is 0 Å². The predicted molar refractivity (Wildman–Crippen MR) is 114 cm³/mol. The van der Waals surface area contributed by atoms with Crippen LogP contribution in [-0.2, 0) is 16.1 Å². The van der Waals surface area contributed by atoms with Gasteiger partial charge in [-0.1, -0.05) is 35.1 Å². The quantitative estimate of drug-likeness (QED) is 0.380. The zero-order chi connectivity index (χ0) is 19.1. The summed E-state index contributed by atoms with van der Waals surface area (Å²) in [6.07, 6.45) is 1.23. The molecule has 0 N–H and O–H groups in total. The maximum atomic E-state index is 12.3. The summed E-state index contributed by atoms with van der Waals surface area (Å²) in [6.45, 7) is 1.26. The number of carbonyl (C=O) groups is 1. The Morgan fingerprint density at radius 2 is 2.00 bits per heavy atom. The van der Waals surface area contributed by atoms with Gasteiger partial charge in [0.1, 0.15) is 0 Å². The zero-order valence-electron chi connectivity index (χ0n) is 15.1. The number of nitrogens with zero attached hydrogens (tertiary/aromatic N) is 2. The first-order valence-corrected chi connectivity index (χ1v) is 10.9. The van der Waals surface area contributed by atoms with Gasteiger partial charge in [-0.15, -0.1) is 11.8 Å². The van der Waals surface area contributed by atoms with E-state index in [1.54, 1.807) is 30.2 Å². The van der Waals surface area contributed by atoms with E-state index in [2.05, 4.69) is 15.6 Å². The summed E-state index contributed by atoms with van der Waals surface area (Å²) in [5, 5.41) is 0.735. The number of hydrogen-bond acceptors (Lipinski definition) is 4. The fraction of sp³-hybridized carbons (Fsp3) is 0.300. The Kier molecular flexibility index (Phi) is 7.52. The lowest BCUT2D eigenvalue weighted by Crippen LogP contribution is -2.19. The third-order valence-electron chi connectivity index (χ3n) is 3.94. The molecule has 0 aliphatic carbocycles. The number of aromatic nitrogens is 1. The van der Waals surface area contributed by atoms with Gasteiger partial charge < -0.3 is 9.30 Å². The van der Waals surface area contributed by atoms with E-state index in [4.69, 9.17) is 16.3 Å². The lowest BCUT2D eigenvalue weighted by atomic mass is 10.3. The third-order valence-corrected chi connectivity index (χ3v) is 6.35. The Morgan fingerprint density at radius 3 is 2.78 bits per heavy atom. The summed E-state index contributed by atoms with van der Waals surface area (Å²) in [6, 6.07) is 15.8. The van der Waals surface area contributed by atoms with E-state index in [9.17, 15) is 4.79 Å². The van der Waals surface area contributed by atoms with Crippen molar-refractivity contribution in [2.75, 3.05) is 19.5 Å². The standard InChI is InChI=1S/C20H21ClN2O2S2/c1-25-13-12-23-17-5-2-3-6-18(17)27-20(23)22-19(24)7-4-14-26-16-10-8-15(21)9-11-16/h2-3,5-6,8-11H,4,7,12-14H2,1H3. The van der Waals surface area contributed by atoms with Gasteiger partial charge in [0.2, 0.25) is 5.91 Å². The molecule has 1 aromatic heterocycles. The first kappa shape index (κ1) is 20.1. The van der Waals surface area contributed by atoms with Gasteiger partial charge in [0.25, 0.3) is 0 Å². The number of halogens is 1. The van der Waals surface area contributed by atoms with E-state index in [1.165, 1.54) is 0 Å². The van der Waals surface area contributed by atoms with Crippen LogP contribution in [0.5, 0.6) is 0 Å². The number of fused-ring (bicyclic) bond motifs is 1. The Bertz CT molecular complexity index is 964. The molecule has 4 nitrogen and oxygen atoms in total. The number of ether oxygens (including phenoxy) is 1. The van der Waals surface area contributed by atoms with Crippen LogP contribution in [0, 0.1) is 0 Å². The fourth-order valence-electron chi connectivity index (χ4n) is 2.61. The molecule has 0 aliphatic rings. The first-order chi connectivity index (χ1) is 13.2. The van der Waals surface area contributed by atoms with Gasteiger partial charge in [-0.05, 0) is 48.6 Å². The molecule has 0 aliphatic heterocycles. The lowest BCUT2D eigenvalue weighted by molar-refractivity contribution is -0.118. The van der Waals surface area contributed by atoms with Gasteiger partial charge in [-0.3, -0.25) is 4.79 Å². The van der Waals surface area contributed by atoms with Gasteiger partial charge in [-0.2, -0.15) is 4.99 Å². The molecule has 0 saturated heterocycles. The smallest absolute Gasteiger partial charge is 0.248 e. The number of benzene rings is 2. The predicted octanol–water partition coefficient (Wildman–Crippen LogP) is 5.00. The number of thiazole rings is 1. The van der Waals surface area contributed by atoms with Crippen LogP contribution >= 0.6 is 34.7 Å². The number of methoxy groups -OCH3 is 1. The van der Waals surface area contributed by atoms with Gasteiger partial charge in [0.15, 0.2) is 4.80 Å². The van der Waals surface area contributed by atoms with Gasteiger partial charge in [0.05, 0.1) is 16.8 Å². The highest BCUT2D eigenvalue weighted by Gasteiger charge is 2.07. The monoisotopic (exact) mass is 420 g/mol. The van der Waals surface area contributed by atoms with Crippen LogP contribution in [0.2, 0.25) is 5.02 Å². The van der Waals surface area contributed by atoms with Crippen LogP contribution in [0.3, 0.4) is 0 Å². The Balaban J connectivity index is 1.63. The second-order valence-corrected chi connectivity index (χ2v) is 8.52. The summed E-state index contributed by atoms with van der Waals surface area (Å²) < 4.78 is 8.38. The molecule has 0 unspecified atom stereocenters. The van der Waals surface area contributed by atoms with Crippen molar-refractivity contribution in [2.45, 2.75) is 24.3 Å². The van der Waals surface area contributed by atoms with Crippen molar-refractivity contribution in [3.8, 4) is 0 Å². The summed E-state index contributed by atoms with van der Waals surface area (Å²) in [4.78, 5) is 18.6. The van der Waals surface area contributed by atoms with Crippen molar-refractivity contribution in [2.24, 2.45) is 4.99 Å². The van der Waals surface area contributed by atoms with Crippen molar-refractivity contribution in [3.05, 3.63) is 58.4 Å². The second-order valence-electron chi connectivity index (χ2n) is 5.91. The van der Waals surface area contributed by atoms with Crippen LogP contribution in [0.25, 0.3) is 10.2 Å². The molecule has 7 heteroatoms. The molecule has 3 aromatic rings. The van der Waals surface area contributed by atoms with Gasteiger partial charge in [-0.25, -0.2) is 0 Å². The molecule has 1 heterocycles. The van der Waals surface area contributed by atoms with E-state index in [1.807, 2.05) is 42.5 Å². The number of amides is 1. The van der Waals surface area contributed by atoms with Crippen LogP contribution in [0.4, 0.5) is 0 Å².